The SMILES string of the molecule is C=c1cc(C(=O)NCC(O)(c2cc3c(c(Br)n2)OC[C@]3(C)C(N)=O)C(F)(F)F)cc(OC)c1=C. The van der Waals surface area contributed by atoms with Crippen molar-refractivity contribution >= 4 is 40.9 Å². The average Bonchev–Trinajstić information content (AvgIpc) is 3.11. The largest absolute Gasteiger partial charge is 0.496 e. The summed E-state index contributed by atoms with van der Waals surface area (Å²) in [5.74, 6) is -1.48. The number of primary amides is 1. The molecule has 0 aliphatic carbocycles. The monoisotopic (exact) mass is 543 g/mol. The lowest BCUT2D eigenvalue weighted by Crippen LogP contribution is -2.52. The summed E-state index contributed by atoms with van der Waals surface area (Å²) in [4.78, 5) is 28.4. The van der Waals surface area contributed by atoms with E-state index in [-0.39, 0.29) is 33.8 Å². The Hall–Kier alpha value is -3.12. The summed E-state index contributed by atoms with van der Waals surface area (Å²) >= 11 is 3.02. The smallest absolute Gasteiger partial charge is 0.424 e. The molecular formula is C22H21BrF3N3O5. The molecule has 2 heterocycles. The zero-order valence-corrected chi connectivity index (χ0v) is 19.8. The van der Waals surface area contributed by atoms with E-state index in [1.807, 2.05) is 0 Å². The lowest BCUT2D eigenvalue weighted by Gasteiger charge is -2.31. The fourth-order valence-electron chi connectivity index (χ4n) is 3.42. The number of aliphatic hydroxyl groups is 1. The highest BCUT2D eigenvalue weighted by molar-refractivity contribution is 9.10. The van der Waals surface area contributed by atoms with Crippen LogP contribution in [0.4, 0.5) is 13.2 Å². The molecular weight excluding hydrogens is 523 g/mol. The number of hydrogen-bond acceptors (Lipinski definition) is 6. The van der Waals surface area contributed by atoms with Crippen LogP contribution in [0.2, 0.25) is 0 Å². The average molecular weight is 544 g/mol. The number of rotatable bonds is 6. The molecule has 2 aromatic rings. The molecule has 8 nitrogen and oxygen atoms in total. The Bertz CT molecular complexity index is 1290. The number of nitrogens with one attached hydrogen (secondary N) is 1. The number of carbonyl (C=O) groups excluding carboxylic acids is 2. The molecule has 0 spiro atoms. The number of fused-ring (bicyclic) bond motifs is 1. The van der Waals surface area contributed by atoms with Crippen molar-refractivity contribution in [2.24, 2.45) is 5.73 Å². The second kappa shape index (κ2) is 8.58. The van der Waals surface area contributed by atoms with Gasteiger partial charge in [0.1, 0.15) is 22.4 Å². The Balaban J connectivity index is 2.02. The first-order valence-corrected chi connectivity index (χ1v) is 10.5. The number of ether oxygens (including phenoxy) is 2. The number of halogens is 4. The fourth-order valence-corrected chi connectivity index (χ4v) is 3.94. The molecule has 12 heteroatoms. The zero-order valence-electron chi connectivity index (χ0n) is 18.2. The van der Waals surface area contributed by atoms with Crippen LogP contribution in [0.3, 0.4) is 0 Å². The molecule has 3 rings (SSSR count). The van der Waals surface area contributed by atoms with Gasteiger partial charge in [-0.05, 0) is 46.3 Å². The van der Waals surface area contributed by atoms with E-state index in [1.165, 1.54) is 26.2 Å². The summed E-state index contributed by atoms with van der Waals surface area (Å²) in [6.45, 7) is 7.39. The molecule has 0 bridgehead atoms. The highest BCUT2D eigenvalue weighted by Gasteiger charge is 2.57. The molecule has 1 aliphatic heterocycles. The van der Waals surface area contributed by atoms with Crippen LogP contribution in [0, 0.1) is 0 Å². The van der Waals surface area contributed by atoms with E-state index in [1.54, 1.807) is 0 Å². The highest BCUT2D eigenvalue weighted by Crippen LogP contribution is 2.46. The highest BCUT2D eigenvalue weighted by atomic mass is 79.9. The number of nitrogens with two attached hydrogens (primary N) is 1. The zero-order chi connectivity index (χ0) is 25.6. The third-order valence-corrected chi connectivity index (χ3v) is 6.29. The third kappa shape index (κ3) is 4.11. The molecule has 2 amide bonds. The van der Waals surface area contributed by atoms with E-state index in [4.69, 9.17) is 15.2 Å². The first-order chi connectivity index (χ1) is 15.7. The standard InChI is InChI=1S/C22H21BrF3N3O5/c1-10-5-12(6-14(33-4)11(10)2)18(30)28-8-21(32,22(24,25)26)15-7-13-16(17(23)29-15)34-9-20(13,3)19(27)31/h5-7,32H,1-2,8-9H2,3-4H3,(H2,27,31)(H,28,30)/t20-,21?/m0/s1. The van der Waals surface area contributed by atoms with E-state index in [2.05, 4.69) is 39.4 Å². The molecule has 1 unspecified atom stereocenters. The maximum Gasteiger partial charge on any atom is 0.424 e. The summed E-state index contributed by atoms with van der Waals surface area (Å²) in [6.07, 6.45) is -5.25. The van der Waals surface area contributed by atoms with Gasteiger partial charge in [0, 0.05) is 16.3 Å². The van der Waals surface area contributed by atoms with Crippen LogP contribution < -0.4 is 31.0 Å². The predicted octanol–water partition coefficient (Wildman–Crippen LogP) is 0.989. The maximum atomic E-state index is 14.1. The number of hydrogen-bond donors (Lipinski definition) is 3. The van der Waals surface area contributed by atoms with Crippen LogP contribution in [0.15, 0.2) is 22.8 Å². The van der Waals surface area contributed by atoms with Crippen molar-refractivity contribution in [3.63, 3.8) is 0 Å². The number of alkyl halides is 3. The summed E-state index contributed by atoms with van der Waals surface area (Å²) < 4.78 is 52.6. The van der Waals surface area contributed by atoms with Crippen LogP contribution in [-0.2, 0) is 15.8 Å². The van der Waals surface area contributed by atoms with Gasteiger partial charge >= 0.3 is 6.18 Å². The Morgan fingerprint density at radius 1 is 1.35 bits per heavy atom. The van der Waals surface area contributed by atoms with E-state index in [9.17, 15) is 27.9 Å². The minimum atomic E-state index is -5.25. The van der Waals surface area contributed by atoms with Gasteiger partial charge in [-0.2, -0.15) is 13.2 Å². The molecule has 0 saturated carbocycles. The number of nitrogens with zero attached hydrogens (tertiary/aromatic N) is 1. The van der Waals surface area contributed by atoms with Gasteiger partial charge in [0.25, 0.3) is 5.91 Å². The van der Waals surface area contributed by atoms with Gasteiger partial charge in [0.2, 0.25) is 11.5 Å². The topological polar surface area (TPSA) is 124 Å². The Morgan fingerprint density at radius 2 is 2.00 bits per heavy atom. The molecule has 1 aliphatic rings. The van der Waals surface area contributed by atoms with Gasteiger partial charge in [-0.3, -0.25) is 9.59 Å². The van der Waals surface area contributed by atoms with Gasteiger partial charge in [-0.15, -0.1) is 0 Å². The Kier molecular flexibility index (Phi) is 6.44. The van der Waals surface area contributed by atoms with E-state index in [0.29, 0.717) is 10.4 Å². The van der Waals surface area contributed by atoms with Crippen molar-refractivity contribution in [1.82, 2.24) is 10.3 Å². The van der Waals surface area contributed by atoms with Crippen molar-refractivity contribution < 1.29 is 37.3 Å². The minimum absolute atomic E-state index is 0.0309. The van der Waals surface area contributed by atoms with Crippen LogP contribution in [0.1, 0.15) is 28.5 Å². The van der Waals surface area contributed by atoms with Gasteiger partial charge in [-0.1, -0.05) is 13.2 Å². The van der Waals surface area contributed by atoms with E-state index < -0.39 is 41.2 Å². The molecule has 0 radical (unpaired) electrons. The molecule has 0 saturated heterocycles. The third-order valence-electron chi connectivity index (χ3n) is 5.76. The first-order valence-electron chi connectivity index (χ1n) is 9.73. The summed E-state index contributed by atoms with van der Waals surface area (Å²) in [5, 5.41) is 13.6. The first kappa shape index (κ1) is 25.5. The normalized spacial score (nSPS) is 19.0. The van der Waals surface area contributed by atoms with E-state index in [0.717, 1.165) is 6.07 Å². The van der Waals surface area contributed by atoms with E-state index >= 15 is 0 Å². The van der Waals surface area contributed by atoms with Gasteiger partial charge < -0.3 is 25.6 Å². The predicted molar refractivity (Wildman–Crippen MR) is 120 cm³/mol. The minimum Gasteiger partial charge on any atom is -0.496 e. The lowest BCUT2D eigenvalue weighted by molar-refractivity contribution is -0.265. The maximum absolute atomic E-state index is 14.1. The van der Waals surface area contributed by atoms with Gasteiger partial charge in [-0.25, -0.2) is 4.98 Å². The van der Waals surface area contributed by atoms with Crippen LogP contribution >= 0.6 is 15.9 Å². The van der Waals surface area contributed by atoms with Crippen molar-refractivity contribution in [3.05, 3.63) is 50.1 Å². The second-order valence-corrected chi connectivity index (χ2v) is 8.77. The van der Waals surface area contributed by atoms with Crippen LogP contribution in [0.5, 0.6) is 11.5 Å². The van der Waals surface area contributed by atoms with Gasteiger partial charge in [0.15, 0.2) is 5.75 Å². The quantitative estimate of drug-likeness (QED) is 0.467. The molecule has 1 aromatic heterocycles. The summed E-state index contributed by atoms with van der Waals surface area (Å²) in [7, 11) is 1.34. The number of methoxy groups -OCH3 is 1. The summed E-state index contributed by atoms with van der Waals surface area (Å²) in [6, 6.07) is 3.53. The van der Waals surface area contributed by atoms with Crippen molar-refractivity contribution in [2.45, 2.75) is 24.1 Å². The lowest BCUT2D eigenvalue weighted by atomic mass is 9.82. The summed E-state index contributed by atoms with van der Waals surface area (Å²) in [5.41, 5.74) is -0.482. The number of carbonyl (C=O) groups is 2. The van der Waals surface area contributed by atoms with Crippen molar-refractivity contribution in [1.29, 1.82) is 0 Å². The fraction of sp³-hybridized carbons (Fsp3) is 0.318. The van der Waals surface area contributed by atoms with Crippen molar-refractivity contribution in [3.8, 4) is 11.5 Å². The number of amides is 2. The number of pyridine rings is 1. The molecule has 0 fully saturated rings. The molecule has 2 atom stereocenters. The molecule has 4 N–H and O–H groups in total. The Morgan fingerprint density at radius 3 is 2.56 bits per heavy atom. The molecule has 182 valence electrons. The molecule has 34 heavy (non-hydrogen) atoms. The second-order valence-electron chi connectivity index (χ2n) is 8.02. The van der Waals surface area contributed by atoms with Gasteiger partial charge in [0.05, 0.1) is 19.3 Å². The van der Waals surface area contributed by atoms with Crippen LogP contribution in [0.25, 0.3) is 13.2 Å². The number of benzene rings is 1. The Labute approximate surface area is 200 Å². The van der Waals surface area contributed by atoms with Crippen LogP contribution in [-0.4, -0.2) is 48.3 Å². The molecule has 1 aromatic carbocycles. The van der Waals surface area contributed by atoms with Crippen molar-refractivity contribution in [2.75, 3.05) is 20.3 Å². The number of aromatic nitrogens is 1.